The van der Waals surface area contributed by atoms with Crippen molar-refractivity contribution in [3.8, 4) is 0 Å². The third kappa shape index (κ3) is 4.32. The first-order chi connectivity index (χ1) is 13.0. The highest BCUT2D eigenvalue weighted by molar-refractivity contribution is 5.95. The number of para-hydroxylation sites is 1. The highest BCUT2D eigenvalue weighted by Gasteiger charge is 2.31. The van der Waals surface area contributed by atoms with E-state index in [1.165, 1.54) is 17.5 Å². The van der Waals surface area contributed by atoms with Crippen molar-refractivity contribution in [3.63, 3.8) is 0 Å². The Morgan fingerprint density at radius 2 is 1.74 bits per heavy atom. The van der Waals surface area contributed by atoms with Crippen molar-refractivity contribution in [3.05, 3.63) is 54.0 Å². The number of furan rings is 1. The molecule has 0 radical (unpaired) electrons. The highest BCUT2D eigenvalue weighted by atomic mass is 16.3. The Hall–Kier alpha value is -2.76. The molecule has 0 spiro atoms. The molecule has 1 fully saturated rings. The van der Waals surface area contributed by atoms with E-state index in [2.05, 4.69) is 29.3 Å². The van der Waals surface area contributed by atoms with Crippen LogP contribution >= 0.6 is 0 Å². The molecule has 1 unspecified atom stereocenters. The predicted molar refractivity (Wildman–Crippen MR) is 105 cm³/mol. The minimum Gasteiger partial charge on any atom is -0.459 e. The smallest absolute Gasteiger partial charge is 0.287 e. The summed E-state index contributed by atoms with van der Waals surface area (Å²) in [4.78, 5) is 29.5. The standard InChI is InChI=1S/C21H27N3O3/c1-15(2)19(22-20(25)18-9-6-14-27-18)21(26)24-12-10-23(11-13-24)17-8-5-4-7-16(17)3/h4-9,14-15,19H,10-13H2,1-3H3,(H,22,25). The lowest BCUT2D eigenvalue weighted by atomic mass is 10.0. The van der Waals surface area contributed by atoms with Crippen LogP contribution in [0, 0.1) is 12.8 Å². The summed E-state index contributed by atoms with van der Waals surface area (Å²) in [6.45, 7) is 8.84. The Bertz CT molecular complexity index is 778. The second-order valence-electron chi connectivity index (χ2n) is 7.27. The van der Waals surface area contributed by atoms with Crippen LogP contribution in [-0.4, -0.2) is 48.9 Å². The van der Waals surface area contributed by atoms with Crippen molar-refractivity contribution in [1.82, 2.24) is 10.2 Å². The van der Waals surface area contributed by atoms with E-state index in [0.717, 1.165) is 13.1 Å². The SMILES string of the molecule is Cc1ccccc1N1CCN(C(=O)C(NC(=O)c2ccco2)C(C)C)CC1. The van der Waals surface area contributed by atoms with Crippen LogP contribution in [0.2, 0.25) is 0 Å². The lowest BCUT2D eigenvalue weighted by Crippen LogP contribution is -2.56. The number of rotatable bonds is 5. The van der Waals surface area contributed by atoms with Crippen molar-refractivity contribution >= 4 is 17.5 Å². The van der Waals surface area contributed by atoms with Crippen LogP contribution in [0.15, 0.2) is 47.1 Å². The summed E-state index contributed by atoms with van der Waals surface area (Å²) >= 11 is 0. The molecule has 144 valence electrons. The number of anilines is 1. The number of nitrogens with zero attached hydrogens (tertiary/aromatic N) is 2. The van der Waals surface area contributed by atoms with Crippen LogP contribution in [0.25, 0.3) is 0 Å². The molecular formula is C21H27N3O3. The number of hydrogen-bond donors (Lipinski definition) is 1. The monoisotopic (exact) mass is 369 g/mol. The molecule has 2 amide bonds. The minimum atomic E-state index is -0.562. The average Bonchev–Trinajstić information content (AvgIpc) is 3.21. The number of piperazine rings is 1. The van der Waals surface area contributed by atoms with Crippen molar-refractivity contribution in [2.75, 3.05) is 31.1 Å². The van der Waals surface area contributed by atoms with Gasteiger partial charge in [-0.05, 0) is 36.6 Å². The van der Waals surface area contributed by atoms with Crippen molar-refractivity contribution < 1.29 is 14.0 Å². The Morgan fingerprint density at radius 3 is 2.33 bits per heavy atom. The van der Waals surface area contributed by atoms with Crippen molar-refractivity contribution in [1.29, 1.82) is 0 Å². The van der Waals surface area contributed by atoms with Crippen LogP contribution in [0.4, 0.5) is 5.69 Å². The van der Waals surface area contributed by atoms with Gasteiger partial charge in [0, 0.05) is 31.9 Å². The van der Waals surface area contributed by atoms with Gasteiger partial charge in [0.1, 0.15) is 6.04 Å². The van der Waals surface area contributed by atoms with E-state index in [1.54, 1.807) is 12.1 Å². The molecule has 6 nitrogen and oxygen atoms in total. The van der Waals surface area contributed by atoms with Gasteiger partial charge >= 0.3 is 0 Å². The number of aryl methyl sites for hydroxylation is 1. The van der Waals surface area contributed by atoms with E-state index >= 15 is 0 Å². The number of carbonyl (C=O) groups excluding carboxylic acids is 2. The van der Waals surface area contributed by atoms with E-state index in [-0.39, 0.29) is 23.5 Å². The van der Waals surface area contributed by atoms with Gasteiger partial charge in [-0.2, -0.15) is 0 Å². The molecule has 0 saturated carbocycles. The van der Waals surface area contributed by atoms with E-state index in [4.69, 9.17) is 4.42 Å². The molecule has 1 N–H and O–H groups in total. The third-order valence-corrected chi connectivity index (χ3v) is 5.01. The summed E-state index contributed by atoms with van der Waals surface area (Å²) in [5.41, 5.74) is 2.46. The quantitative estimate of drug-likeness (QED) is 0.880. The molecule has 1 atom stereocenters. The molecule has 6 heteroatoms. The second kappa shape index (κ2) is 8.29. The lowest BCUT2D eigenvalue weighted by molar-refractivity contribution is -0.134. The summed E-state index contributed by atoms with van der Waals surface area (Å²) in [6, 6.07) is 11.0. The fraction of sp³-hybridized carbons (Fsp3) is 0.429. The first kappa shape index (κ1) is 19.0. The van der Waals surface area contributed by atoms with Crippen molar-refractivity contribution in [2.24, 2.45) is 5.92 Å². The van der Waals surface area contributed by atoms with Crippen LogP contribution in [0.5, 0.6) is 0 Å². The summed E-state index contributed by atoms with van der Waals surface area (Å²) in [5.74, 6) is -0.177. The Balaban J connectivity index is 1.62. The maximum absolute atomic E-state index is 13.0. The second-order valence-corrected chi connectivity index (χ2v) is 7.27. The van der Waals surface area contributed by atoms with Gasteiger partial charge in [0.05, 0.1) is 6.26 Å². The van der Waals surface area contributed by atoms with Gasteiger partial charge in [0.15, 0.2) is 5.76 Å². The summed E-state index contributed by atoms with van der Waals surface area (Å²) in [5, 5.41) is 2.83. The van der Waals surface area contributed by atoms with Gasteiger partial charge in [0.2, 0.25) is 5.91 Å². The number of carbonyl (C=O) groups is 2. The molecule has 2 heterocycles. The summed E-state index contributed by atoms with van der Waals surface area (Å²) < 4.78 is 5.13. The zero-order chi connectivity index (χ0) is 19.4. The number of benzene rings is 1. The molecule has 1 aliphatic rings. The molecular weight excluding hydrogens is 342 g/mol. The first-order valence-corrected chi connectivity index (χ1v) is 9.41. The maximum Gasteiger partial charge on any atom is 0.287 e. The summed E-state index contributed by atoms with van der Waals surface area (Å²) in [7, 11) is 0. The van der Waals surface area contributed by atoms with Crippen LogP contribution in [-0.2, 0) is 4.79 Å². The number of amides is 2. The average molecular weight is 369 g/mol. The van der Waals surface area contributed by atoms with Crippen LogP contribution in [0.1, 0.15) is 30.0 Å². The number of hydrogen-bond acceptors (Lipinski definition) is 4. The Labute approximate surface area is 160 Å². The predicted octanol–water partition coefficient (Wildman–Crippen LogP) is 2.69. The fourth-order valence-electron chi connectivity index (χ4n) is 3.42. The van der Waals surface area contributed by atoms with E-state index in [9.17, 15) is 9.59 Å². The molecule has 0 aliphatic carbocycles. The van der Waals surface area contributed by atoms with E-state index in [0.29, 0.717) is 13.1 Å². The zero-order valence-corrected chi connectivity index (χ0v) is 16.1. The maximum atomic E-state index is 13.0. The van der Waals surface area contributed by atoms with E-state index < -0.39 is 6.04 Å². The zero-order valence-electron chi connectivity index (χ0n) is 16.1. The molecule has 3 rings (SSSR count). The summed E-state index contributed by atoms with van der Waals surface area (Å²) in [6.07, 6.45) is 1.45. The molecule has 1 aromatic heterocycles. The molecule has 0 bridgehead atoms. The molecule has 27 heavy (non-hydrogen) atoms. The molecule has 2 aromatic rings. The van der Waals surface area contributed by atoms with E-state index in [1.807, 2.05) is 30.9 Å². The number of nitrogens with one attached hydrogen (secondary N) is 1. The minimum absolute atomic E-state index is 0.00851. The van der Waals surface area contributed by atoms with Gasteiger partial charge < -0.3 is 19.5 Å². The van der Waals surface area contributed by atoms with Gasteiger partial charge in [-0.1, -0.05) is 32.0 Å². The van der Waals surface area contributed by atoms with Crippen molar-refractivity contribution in [2.45, 2.75) is 26.8 Å². The normalized spacial score (nSPS) is 15.7. The fourth-order valence-corrected chi connectivity index (χ4v) is 3.42. The third-order valence-electron chi connectivity index (χ3n) is 5.01. The molecule has 1 aliphatic heterocycles. The Morgan fingerprint density at radius 1 is 1.04 bits per heavy atom. The molecule has 1 aromatic carbocycles. The Kier molecular flexibility index (Phi) is 5.84. The first-order valence-electron chi connectivity index (χ1n) is 9.41. The van der Waals surface area contributed by atoms with Gasteiger partial charge in [0.25, 0.3) is 5.91 Å². The molecule has 1 saturated heterocycles. The van der Waals surface area contributed by atoms with Gasteiger partial charge in [-0.3, -0.25) is 9.59 Å². The lowest BCUT2D eigenvalue weighted by Gasteiger charge is -2.38. The van der Waals surface area contributed by atoms with Gasteiger partial charge in [-0.15, -0.1) is 0 Å². The highest BCUT2D eigenvalue weighted by Crippen LogP contribution is 2.21. The van der Waals surface area contributed by atoms with Gasteiger partial charge in [-0.25, -0.2) is 0 Å². The van der Waals surface area contributed by atoms with Crippen LogP contribution < -0.4 is 10.2 Å². The topological polar surface area (TPSA) is 65.8 Å². The largest absolute Gasteiger partial charge is 0.459 e. The van der Waals surface area contributed by atoms with Crippen LogP contribution in [0.3, 0.4) is 0 Å².